The highest BCUT2D eigenvalue weighted by Crippen LogP contribution is 2.36. The van der Waals surface area contributed by atoms with Gasteiger partial charge in [0, 0.05) is 62.0 Å². The van der Waals surface area contributed by atoms with Gasteiger partial charge in [-0.1, -0.05) is 12.1 Å². The van der Waals surface area contributed by atoms with Crippen LogP contribution in [-0.4, -0.2) is 33.4 Å². The molecule has 2 atom stereocenters. The van der Waals surface area contributed by atoms with Gasteiger partial charge in [-0.15, -0.1) is 0 Å². The van der Waals surface area contributed by atoms with Crippen molar-refractivity contribution >= 4 is 16.7 Å². The number of nitrogens with zero attached hydrogens (tertiary/aromatic N) is 3. The smallest absolute Gasteiger partial charge is 0.251 e. The van der Waals surface area contributed by atoms with Crippen LogP contribution in [0.5, 0.6) is 0 Å². The summed E-state index contributed by atoms with van der Waals surface area (Å²) in [5.74, 6) is 0.732. The van der Waals surface area contributed by atoms with Crippen LogP contribution in [0.15, 0.2) is 53.6 Å². The third kappa shape index (κ3) is 2.74. The first kappa shape index (κ1) is 16.2. The van der Waals surface area contributed by atoms with Crippen molar-refractivity contribution < 1.29 is 4.79 Å². The van der Waals surface area contributed by atoms with E-state index in [1.807, 2.05) is 33.9 Å². The van der Waals surface area contributed by atoms with Gasteiger partial charge in [0.2, 0.25) is 5.91 Å². The second-order valence-corrected chi connectivity index (χ2v) is 7.78. The molecule has 0 spiro atoms. The Hall–Kier alpha value is -2.95. The molecule has 5 heteroatoms. The van der Waals surface area contributed by atoms with Crippen LogP contribution in [0.1, 0.15) is 25.0 Å². The Morgan fingerprint density at radius 1 is 1.04 bits per heavy atom. The van der Waals surface area contributed by atoms with Crippen LogP contribution in [0.4, 0.5) is 0 Å². The predicted octanol–water partition coefficient (Wildman–Crippen LogP) is 3.03. The number of pyridine rings is 2. The Bertz CT molecular complexity index is 1120. The molecule has 0 unspecified atom stereocenters. The highest BCUT2D eigenvalue weighted by molar-refractivity contribution is 5.86. The number of aromatic nitrogens is 2. The SMILES string of the molecule is CC(=O)N1C[C@@H]2C[C@H](C1)c1cc(-c3ccc4cnccc4c3)cc(=O)n1C2. The maximum atomic E-state index is 12.8. The molecule has 1 fully saturated rings. The fraction of sp³-hybridized carbons (Fsp3) is 0.318. The Morgan fingerprint density at radius 3 is 2.78 bits per heavy atom. The summed E-state index contributed by atoms with van der Waals surface area (Å²) < 4.78 is 1.92. The molecule has 1 aromatic carbocycles. The molecule has 5 nitrogen and oxygen atoms in total. The van der Waals surface area contributed by atoms with Crippen LogP contribution < -0.4 is 5.56 Å². The zero-order valence-corrected chi connectivity index (χ0v) is 15.3. The van der Waals surface area contributed by atoms with E-state index in [2.05, 4.69) is 17.1 Å². The summed E-state index contributed by atoms with van der Waals surface area (Å²) >= 11 is 0. The van der Waals surface area contributed by atoms with Crippen LogP contribution in [-0.2, 0) is 11.3 Å². The van der Waals surface area contributed by atoms with Gasteiger partial charge < -0.3 is 9.47 Å². The first-order valence-corrected chi connectivity index (χ1v) is 9.43. The van der Waals surface area contributed by atoms with Crippen molar-refractivity contribution in [3.63, 3.8) is 0 Å². The van der Waals surface area contributed by atoms with Crippen LogP contribution >= 0.6 is 0 Å². The van der Waals surface area contributed by atoms with E-state index >= 15 is 0 Å². The zero-order chi connectivity index (χ0) is 18.5. The average molecular weight is 359 g/mol. The lowest BCUT2D eigenvalue weighted by Crippen LogP contribution is -2.48. The van der Waals surface area contributed by atoms with Crippen LogP contribution in [0.3, 0.4) is 0 Å². The molecule has 3 aromatic rings. The normalized spacial score (nSPS) is 21.1. The molecule has 136 valence electrons. The summed E-state index contributed by atoms with van der Waals surface area (Å²) in [5, 5.41) is 2.20. The standard InChI is InChI=1S/C22H21N3O2/c1-14(26)24-11-15-6-20(13-24)21-8-19(9-22(27)25(21)12-15)16-2-3-18-10-23-5-4-17(18)7-16/h2-5,7-10,15,20H,6,11-13H2,1H3/t15-,20+/m0/s1. The molecule has 0 radical (unpaired) electrons. The Labute approximate surface area is 157 Å². The minimum atomic E-state index is 0.0586. The van der Waals surface area contributed by atoms with E-state index in [4.69, 9.17) is 0 Å². The highest BCUT2D eigenvalue weighted by Gasteiger charge is 2.35. The summed E-state index contributed by atoms with van der Waals surface area (Å²) in [6.07, 6.45) is 4.68. The molecule has 2 aliphatic rings. The summed E-state index contributed by atoms with van der Waals surface area (Å²) in [6, 6.07) is 12.1. The number of piperidine rings is 1. The second-order valence-electron chi connectivity index (χ2n) is 7.78. The minimum Gasteiger partial charge on any atom is -0.342 e. The van der Waals surface area contributed by atoms with E-state index in [0.717, 1.165) is 40.6 Å². The van der Waals surface area contributed by atoms with Gasteiger partial charge in [0.05, 0.1) is 0 Å². The van der Waals surface area contributed by atoms with Crippen molar-refractivity contribution in [1.82, 2.24) is 14.5 Å². The molecule has 0 aliphatic carbocycles. The lowest BCUT2D eigenvalue weighted by Gasteiger charge is -2.42. The molecule has 2 aliphatic heterocycles. The minimum absolute atomic E-state index is 0.0586. The molecule has 2 aromatic heterocycles. The maximum Gasteiger partial charge on any atom is 0.251 e. The summed E-state index contributed by atoms with van der Waals surface area (Å²) in [7, 11) is 0. The number of carbonyl (C=O) groups is 1. The predicted molar refractivity (Wildman–Crippen MR) is 105 cm³/mol. The quantitative estimate of drug-likeness (QED) is 0.671. The van der Waals surface area contributed by atoms with E-state index in [0.29, 0.717) is 19.0 Å². The van der Waals surface area contributed by atoms with Crippen LogP contribution in [0, 0.1) is 5.92 Å². The number of benzene rings is 1. The van der Waals surface area contributed by atoms with Gasteiger partial charge in [-0.3, -0.25) is 14.6 Å². The van der Waals surface area contributed by atoms with Gasteiger partial charge in [0.25, 0.3) is 5.56 Å². The fourth-order valence-corrected chi connectivity index (χ4v) is 4.65. The molecule has 5 rings (SSSR count). The molecular formula is C22H21N3O2. The van der Waals surface area contributed by atoms with Gasteiger partial charge in [0.1, 0.15) is 0 Å². The number of carbonyl (C=O) groups excluding carboxylic acids is 1. The van der Waals surface area contributed by atoms with Crippen LogP contribution in [0.25, 0.3) is 21.9 Å². The van der Waals surface area contributed by atoms with Gasteiger partial charge in [0.15, 0.2) is 0 Å². The third-order valence-electron chi connectivity index (χ3n) is 5.98. The largest absolute Gasteiger partial charge is 0.342 e. The van der Waals surface area contributed by atoms with Crippen molar-refractivity contribution in [3.8, 4) is 11.1 Å². The molecule has 27 heavy (non-hydrogen) atoms. The van der Waals surface area contributed by atoms with Crippen molar-refractivity contribution in [2.24, 2.45) is 5.92 Å². The number of hydrogen-bond donors (Lipinski definition) is 0. The average Bonchev–Trinajstić information content (AvgIpc) is 2.68. The topological polar surface area (TPSA) is 55.2 Å². The monoisotopic (exact) mass is 359 g/mol. The first-order chi connectivity index (χ1) is 13.1. The van der Waals surface area contributed by atoms with Crippen LogP contribution in [0.2, 0.25) is 0 Å². The molecule has 1 amide bonds. The van der Waals surface area contributed by atoms with Gasteiger partial charge in [-0.25, -0.2) is 0 Å². The highest BCUT2D eigenvalue weighted by atomic mass is 16.2. The fourth-order valence-electron chi connectivity index (χ4n) is 4.65. The molecule has 4 heterocycles. The van der Waals surface area contributed by atoms with Gasteiger partial charge in [-0.05, 0) is 47.1 Å². The van der Waals surface area contributed by atoms with Crippen molar-refractivity contribution in [2.75, 3.05) is 13.1 Å². The summed E-state index contributed by atoms with van der Waals surface area (Å²) in [6.45, 7) is 3.81. The van der Waals surface area contributed by atoms with E-state index < -0.39 is 0 Å². The Balaban J connectivity index is 1.60. The summed E-state index contributed by atoms with van der Waals surface area (Å²) in [5.41, 5.74) is 3.11. The van der Waals surface area contributed by atoms with E-state index in [1.54, 1.807) is 19.2 Å². The molecule has 0 saturated carbocycles. The number of likely N-dealkylation sites (tertiary alicyclic amines) is 1. The maximum absolute atomic E-state index is 12.8. The lowest BCUT2D eigenvalue weighted by atomic mass is 9.82. The number of amides is 1. The zero-order valence-electron chi connectivity index (χ0n) is 15.3. The second kappa shape index (κ2) is 6.05. The molecule has 1 saturated heterocycles. The Morgan fingerprint density at radius 2 is 1.93 bits per heavy atom. The molecule has 2 bridgehead atoms. The third-order valence-corrected chi connectivity index (χ3v) is 5.98. The number of rotatable bonds is 1. The van der Waals surface area contributed by atoms with Gasteiger partial charge in [-0.2, -0.15) is 0 Å². The summed E-state index contributed by atoms with van der Waals surface area (Å²) in [4.78, 5) is 30.8. The first-order valence-electron chi connectivity index (χ1n) is 9.43. The van der Waals surface area contributed by atoms with Gasteiger partial charge >= 0.3 is 0 Å². The Kier molecular flexibility index (Phi) is 3.64. The van der Waals surface area contributed by atoms with E-state index in [1.165, 1.54) is 0 Å². The molecule has 0 N–H and O–H groups in total. The van der Waals surface area contributed by atoms with E-state index in [-0.39, 0.29) is 17.4 Å². The van der Waals surface area contributed by atoms with Crippen molar-refractivity contribution in [1.29, 1.82) is 0 Å². The lowest BCUT2D eigenvalue weighted by molar-refractivity contribution is -0.131. The number of hydrogen-bond acceptors (Lipinski definition) is 3. The van der Waals surface area contributed by atoms with Crippen molar-refractivity contribution in [3.05, 3.63) is 64.8 Å². The molecular weight excluding hydrogens is 338 g/mol. The number of fused-ring (bicyclic) bond motifs is 5. The van der Waals surface area contributed by atoms with E-state index in [9.17, 15) is 9.59 Å². The van der Waals surface area contributed by atoms with Crippen molar-refractivity contribution in [2.45, 2.75) is 25.8 Å².